The molecule has 0 atom stereocenters. The van der Waals surface area contributed by atoms with E-state index in [1.807, 2.05) is 12.1 Å². The van der Waals surface area contributed by atoms with E-state index in [9.17, 15) is 4.79 Å². The molecule has 3 N–H and O–H groups in total. The zero-order chi connectivity index (χ0) is 12.3. The molecular formula is C12H13N3O2. The van der Waals surface area contributed by atoms with Gasteiger partial charge in [0.25, 0.3) is 0 Å². The minimum atomic E-state index is -0.496. The number of fused-ring (bicyclic) bond motifs is 1. The average Bonchev–Trinajstić information content (AvgIpc) is 2.31. The van der Waals surface area contributed by atoms with Gasteiger partial charge in [-0.1, -0.05) is 12.1 Å². The summed E-state index contributed by atoms with van der Waals surface area (Å²) < 4.78 is 4.82. The van der Waals surface area contributed by atoms with Crippen molar-refractivity contribution in [3.8, 4) is 0 Å². The normalized spacial score (nSPS) is 10.2. The highest BCUT2D eigenvalue weighted by Crippen LogP contribution is 2.25. The van der Waals surface area contributed by atoms with E-state index in [4.69, 9.17) is 10.5 Å². The fraction of sp³-hybridized carbons (Fsp3) is 0.167. The van der Waals surface area contributed by atoms with Gasteiger partial charge in [0, 0.05) is 17.3 Å². The number of nitrogens with zero attached hydrogens (tertiary/aromatic N) is 1. The third-order valence-corrected chi connectivity index (χ3v) is 2.32. The predicted molar refractivity (Wildman–Crippen MR) is 66.8 cm³/mol. The number of hydrogen-bond acceptors (Lipinski definition) is 4. The van der Waals surface area contributed by atoms with Gasteiger partial charge in [0.1, 0.15) is 0 Å². The SMILES string of the molecule is CCOC(=O)Nc1cccc2c(N)ccnc12. The van der Waals surface area contributed by atoms with Gasteiger partial charge in [-0.3, -0.25) is 10.3 Å². The van der Waals surface area contributed by atoms with Crippen LogP contribution in [0.2, 0.25) is 0 Å². The number of amides is 1. The fourth-order valence-corrected chi connectivity index (χ4v) is 1.58. The number of para-hydroxylation sites is 1. The molecule has 0 unspecified atom stereocenters. The van der Waals surface area contributed by atoms with Gasteiger partial charge in [-0.05, 0) is 19.1 Å². The lowest BCUT2D eigenvalue weighted by Gasteiger charge is -2.08. The molecule has 2 aromatic rings. The minimum Gasteiger partial charge on any atom is -0.450 e. The summed E-state index contributed by atoms with van der Waals surface area (Å²) in [5, 5.41) is 3.44. The van der Waals surface area contributed by atoms with Crippen LogP contribution in [0, 0.1) is 0 Å². The van der Waals surface area contributed by atoms with Crippen LogP contribution < -0.4 is 11.1 Å². The van der Waals surface area contributed by atoms with E-state index in [0.717, 1.165) is 5.39 Å². The number of benzene rings is 1. The molecule has 17 heavy (non-hydrogen) atoms. The van der Waals surface area contributed by atoms with Crippen LogP contribution in [-0.4, -0.2) is 17.7 Å². The van der Waals surface area contributed by atoms with Gasteiger partial charge < -0.3 is 10.5 Å². The van der Waals surface area contributed by atoms with E-state index in [-0.39, 0.29) is 0 Å². The molecule has 5 nitrogen and oxygen atoms in total. The fourth-order valence-electron chi connectivity index (χ4n) is 1.58. The summed E-state index contributed by atoms with van der Waals surface area (Å²) in [5.74, 6) is 0. The van der Waals surface area contributed by atoms with Crippen molar-refractivity contribution >= 4 is 28.4 Å². The second-order valence-electron chi connectivity index (χ2n) is 3.45. The Morgan fingerprint density at radius 3 is 3.06 bits per heavy atom. The number of nitrogens with two attached hydrogens (primary N) is 1. The van der Waals surface area contributed by atoms with Gasteiger partial charge in [0.05, 0.1) is 17.8 Å². The molecule has 88 valence electrons. The van der Waals surface area contributed by atoms with Gasteiger partial charge in [0.15, 0.2) is 0 Å². The predicted octanol–water partition coefficient (Wildman–Crippen LogP) is 2.39. The van der Waals surface area contributed by atoms with Crippen molar-refractivity contribution < 1.29 is 9.53 Å². The Kier molecular flexibility index (Phi) is 3.09. The standard InChI is InChI=1S/C12H13N3O2/c1-2-17-12(16)15-10-5-3-4-8-9(13)6-7-14-11(8)10/h3-7H,2H2,1H3,(H2,13,14)(H,15,16). The lowest BCUT2D eigenvalue weighted by Crippen LogP contribution is -2.13. The second kappa shape index (κ2) is 4.69. The number of nitrogen functional groups attached to an aromatic ring is 1. The number of rotatable bonds is 2. The highest BCUT2D eigenvalue weighted by Gasteiger charge is 2.07. The molecule has 0 saturated carbocycles. The first-order chi connectivity index (χ1) is 8.22. The quantitative estimate of drug-likeness (QED) is 0.831. The smallest absolute Gasteiger partial charge is 0.411 e. The molecule has 0 spiro atoms. The van der Waals surface area contributed by atoms with Crippen molar-refractivity contribution in [3.63, 3.8) is 0 Å². The Morgan fingerprint density at radius 1 is 1.47 bits per heavy atom. The Labute approximate surface area is 98.6 Å². The molecule has 1 amide bonds. The third kappa shape index (κ3) is 2.28. The van der Waals surface area contributed by atoms with Gasteiger partial charge in [-0.25, -0.2) is 4.79 Å². The van der Waals surface area contributed by atoms with Gasteiger partial charge in [0.2, 0.25) is 0 Å². The van der Waals surface area contributed by atoms with Crippen molar-refractivity contribution in [2.45, 2.75) is 6.92 Å². The van der Waals surface area contributed by atoms with Gasteiger partial charge >= 0.3 is 6.09 Å². The Hall–Kier alpha value is -2.30. The van der Waals surface area contributed by atoms with E-state index in [2.05, 4.69) is 10.3 Å². The third-order valence-electron chi connectivity index (χ3n) is 2.32. The van der Waals surface area contributed by atoms with Crippen LogP contribution in [0.25, 0.3) is 10.9 Å². The number of pyridine rings is 1. The molecule has 2 rings (SSSR count). The average molecular weight is 231 g/mol. The molecule has 0 fully saturated rings. The minimum absolute atomic E-state index is 0.326. The van der Waals surface area contributed by atoms with E-state index in [0.29, 0.717) is 23.5 Å². The summed E-state index contributed by atoms with van der Waals surface area (Å²) in [4.78, 5) is 15.6. The van der Waals surface area contributed by atoms with Crippen LogP contribution in [0.4, 0.5) is 16.2 Å². The Balaban J connectivity index is 2.41. The molecule has 1 heterocycles. The topological polar surface area (TPSA) is 77.2 Å². The van der Waals surface area contributed by atoms with Crippen molar-refractivity contribution in [2.24, 2.45) is 0 Å². The molecule has 0 aliphatic heterocycles. The van der Waals surface area contributed by atoms with Crippen LogP contribution in [0.3, 0.4) is 0 Å². The molecule has 0 saturated heterocycles. The highest BCUT2D eigenvalue weighted by molar-refractivity contribution is 6.01. The van der Waals surface area contributed by atoms with Crippen LogP contribution in [-0.2, 0) is 4.74 Å². The summed E-state index contributed by atoms with van der Waals surface area (Å²) >= 11 is 0. The van der Waals surface area contributed by atoms with Crippen LogP contribution in [0.1, 0.15) is 6.92 Å². The van der Waals surface area contributed by atoms with Gasteiger partial charge in [-0.15, -0.1) is 0 Å². The summed E-state index contributed by atoms with van der Waals surface area (Å²) in [6, 6.07) is 7.14. The van der Waals surface area contributed by atoms with Crippen molar-refractivity contribution in [1.29, 1.82) is 0 Å². The van der Waals surface area contributed by atoms with Crippen molar-refractivity contribution in [1.82, 2.24) is 4.98 Å². The molecule has 0 radical (unpaired) electrons. The number of aromatic nitrogens is 1. The first kappa shape index (κ1) is 11.2. The van der Waals surface area contributed by atoms with E-state index in [1.165, 1.54) is 0 Å². The number of carbonyl (C=O) groups excluding carboxylic acids is 1. The maximum Gasteiger partial charge on any atom is 0.411 e. The summed E-state index contributed by atoms with van der Waals surface area (Å²) in [6.45, 7) is 2.07. The molecule has 1 aromatic heterocycles. The molecule has 5 heteroatoms. The largest absolute Gasteiger partial charge is 0.450 e. The summed E-state index contributed by atoms with van der Waals surface area (Å²) in [7, 11) is 0. The lowest BCUT2D eigenvalue weighted by molar-refractivity contribution is 0.168. The molecule has 0 aliphatic carbocycles. The summed E-state index contributed by atoms with van der Waals surface area (Å²) in [5.41, 5.74) is 7.70. The molecule has 0 aliphatic rings. The number of carbonyl (C=O) groups is 1. The van der Waals surface area contributed by atoms with Crippen molar-refractivity contribution in [3.05, 3.63) is 30.5 Å². The van der Waals surface area contributed by atoms with Crippen molar-refractivity contribution in [2.75, 3.05) is 17.7 Å². The number of ether oxygens (including phenoxy) is 1. The zero-order valence-corrected chi connectivity index (χ0v) is 9.43. The first-order valence-electron chi connectivity index (χ1n) is 5.29. The number of nitrogens with one attached hydrogen (secondary N) is 1. The highest BCUT2D eigenvalue weighted by atomic mass is 16.5. The molecule has 1 aromatic carbocycles. The maximum atomic E-state index is 11.3. The summed E-state index contributed by atoms with van der Waals surface area (Å²) in [6.07, 6.45) is 1.11. The lowest BCUT2D eigenvalue weighted by atomic mass is 10.1. The monoisotopic (exact) mass is 231 g/mol. The van der Waals surface area contributed by atoms with Crippen LogP contribution >= 0.6 is 0 Å². The van der Waals surface area contributed by atoms with E-state index in [1.54, 1.807) is 25.3 Å². The number of hydrogen-bond donors (Lipinski definition) is 2. The Morgan fingerprint density at radius 2 is 2.29 bits per heavy atom. The number of anilines is 2. The van der Waals surface area contributed by atoms with E-state index >= 15 is 0 Å². The maximum absolute atomic E-state index is 11.3. The molecule has 0 bridgehead atoms. The first-order valence-corrected chi connectivity index (χ1v) is 5.29. The van der Waals surface area contributed by atoms with E-state index < -0.39 is 6.09 Å². The van der Waals surface area contributed by atoms with Crippen LogP contribution in [0.5, 0.6) is 0 Å². The van der Waals surface area contributed by atoms with Gasteiger partial charge in [-0.2, -0.15) is 0 Å². The Bertz CT molecular complexity index is 554. The van der Waals surface area contributed by atoms with Crippen LogP contribution in [0.15, 0.2) is 30.5 Å². The zero-order valence-electron chi connectivity index (χ0n) is 9.43. The molecular weight excluding hydrogens is 218 g/mol. The second-order valence-corrected chi connectivity index (χ2v) is 3.45.